The molecule has 2 aromatic carbocycles. The molecule has 0 radical (unpaired) electrons. The lowest BCUT2D eigenvalue weighted by atomic mass is 9.92. The summed E-state index contributed by atoms with van der Waals surface area (Å²) < 4.78 is 5.91. The van der Waals surface area contributed by atoms with Crippen LogP contribution in [-0.4, -0.2) is 43.7 Å². The third-order valence-electron chi connectivity index (χ3n) is 5.71. The van der Waals surface area contributed by atoms with E-state index in [2.05, 4.69) is 15.2 Å². The molecule has 2 N–H and O–H groups in total. The first kappa shape index (κ1) is 21.4. The summed E-state index contributed by atoms with van der Waals surface area (Å²) in [5.41, 5.74) is 2.43. The molecule has 1 aliphatic heterocycles. The van der Waals surface area contributed by atoms with Gasteiger partial charge in [0.1, 0.15) is 22.9 Å². The molecule has 1 aliphatic rings. The van der Waals surface area contributed by atoms with Crippen molar-refractivity contribution in [1.82, 2.24) is 15.2 Å². The van der Waals surface area contributed by atoms with Crippen LogP contribution in [0.25, 0.3) is 21.5 Å². The highest BCUT2D eigenvalue weighted by molar-refractivity contribution is 7.14. The predicted molar refractivity (Wildman–Crippen MR) is 125 cm³/mol. The smallest absolute Gasteiger partial charge is 0.166 e. The van der Waals surface area contributed by atoms with E-state index in [-0.39, 0.29) is 6.10 Å². The second kappa shape index (κ2) is 8.84. The van der Waals surface area contributed by atoms with Crippen LogP contribution in [0.5, 0.6) is 0 Å². The standard InChI is InChI=1S/C24H22ClN3O3S/c1-13-8-20(29)22(30)23(31-13)15-6-7-18(25)17(9-15)11-21-27-28-24(32-21)19-10-14-4-2-3-5-16(14)12-26-19/h2-7,9-10,12-13,20,22-23,29-30H,8,11H2,1H3. The molecule has 6 nitrogen and oxygen atoms in total. The molecule has 1 fully saturated rings. The molecule has 0 amide bonds. The van der Waals surface area contributed by atoms with Crippen LogP contribution < -0.4 is 0 Å². The molecule has 3 heterocycles. The number of nitrogens with zero attached hydrogens (tertiary/aromatic N) is 3. The van der Waals surface area contributed by atoms with Crippen LogP contribution in [0, 0.1) is 0 Å². The van der Waals surface area contributed by atoms with Crippen molar-refractivity contribution in [3.8, 4) is 10.7 Å². The molecule has 4 atom stereocenters. The van der Waals surface area contributed by atoms with Crippen molar-refractivity contribution in [3.63, 3.8) is 0 Å². The first-order valence-corrected chi connectivity index (χ1v) is 11.6. The minimum atomic E-state index is -0.979. The van der Waals surface area contributed by atoms with E-state index in [0.29, 0.717) is 17.9 Å². The van der Waals surface area contributed by atoms with E-state index in [1.165, 1.54) is 11.3 Å². The highest BCUT2D eigenvalue weighted by atomic mass is 35.5. The van der Waals surface area contributed by atoms with Gasteiger partial charge < -0.3 is 14.9 Å². The van der Waals surface area contributed by atoms with Crippen LogP contribution in [-0.2, 0) is 11.2 Å². The Kier molecular flexibility index (Phi) is 5.92. The van der Waals surface area contributed by atoms with E-state index < -0.39 is 18.3 Å². The fraction of sp³-hybridized carbons (Fsp3) is 0.292. The molecule has 0 saturated carbocycles. The summed E-state index contributed by atoms with van der Waals surface area (Å²) in [4.78, 5) is 4.53. The molecule has 2 aromatic heterocycles. The first-order chi connectivity index (χ1) is 15.5. The number of hydrogen-bond donors (Lipinski definition) is 2. The van der Waals surface area contributed by atoms with Crippen LogP contribution in [0.4, 0.5) is 0 Å². The average Bonchev–Trinajstić information content (AvgIpc) is 3.26. The van der Waals surface area contributed by atoms with E-state index in [9.17, 15) is 10.2 Å². The van der Waals surface area contributed by atoms with Crippen molar-refractivity contribution in [2.75, 3.05) is 0 Å². The average molecular weight is 468 g/mol. The summed E-state index contributed by atoms with van der Waals surface area (Å²) in [5, 5.41) is 33.6. The SMILES string of the molecule is CC1CC(O)C(O)C(c2ccc(Cl)c(Cc3nnc(-c4cc5ccccc5cn4)s3)c2)O1. The fourth-order valence-electron chi connectivity index (χ4n) is 4.04. The number of aliphatic hydroxyl groups excluding tert-OH is 2. The largest absolute Gasteiger partial charge is 0.390 e. The summed E-state index contributed by atoms with van der Waals surface area (Å²) >= 11 is 7.94. The second-order valence-corrected chi connectivity index (χ2v) is 9.58. The van der Waals surface area contributed by atoms with Gasteiger partial charge in [0.2, 0.25) is 0 Å². The lowest BCUT2D eigenvalue weighted by Crippen LogP contribution is -2.42. The Morgan fingerprint density at radius 1 is 1.09 bits per heavy atom. The Labute approximate surface area is 194 Å². The Balaban J connectivity index is 1.40. The van der Waals surface area contributed by atoms with Gasteiger partial charge in [-0.3, -0.25) is 4.98 Å². The summed E-state index contributed by atoms with van der Waals surface area (Å²) in [6.07, 6.45) is 0.217. The van der Waals surface area contributed by atoms with Gasteiger partial charge in [0, 0.05) is 29.4 Å². The molecular weight excluding hydrogens is 446 g/mol. The van der Waals surface area contributed by atoms with E-state index in [1.807, 2.05) is 55.6 Å². The van der Waals surface area contributed by atoms with Gasteiger partial charge in [0.25, 0.3) is 0 Å². The second-order valence-electron chi connectivity index (χ2n) is 8.11. The number of aromatic nitrogens is 3. The maximum Gasteiger partial charge on any atom is 0.166 e. The molecule has 1 saturated heterocycles. The third kappa shape index (κ3) is 4.27. The van der Waals surface area contributed by atoms with E-state index >= 15 is 0 Å². The number of benzene rings is 2. The van der Waals surface area contributed by atoms with Crippen molar-refractivity contribution >= 4 is 33.7 Å². The predicted octanol–water partition coefficient (Wildman–Crippen LogP) is 4.57. The zero-order valence-electron chi connectivity index (χ0n) is 17.4. The molecule has 4 aromatic rings. The number of halogens is 1. The highest BCUT2D eigenvalue weighted by Crippen LogP contribution is 2.34. The Bertz CT molecular complexity index is 1260. The molecule has 8 heteroatoms. The number of hydrogen-bond acceptors (Lipinski definition) is 7. The van der Waals surface area contributed by atoms with Gasteiger partial charge in [-0.05, 0) is 35.6 Å². The summed E-state index contributed by atoms with van der Waals surface area (Å²) in [7, 11) is 0. The molecule has 164 valence electrons. The van der Waals surface area contributed by atoms with E-state index in [4.69, 9.17) is 16.3 Å². The molecule has 0 spiro atoms. The van der Waals surface area contributed by atoms with Crippen LogP contribution in [0.15, 0.2) is 54.7 Å². The topological polar surface area (TPSA) is 88.4 Å². The van der Waals surface area contributed by atoms with E-state index in [1.54, 1.807) is 6.07 Å². The lowest BCUT2D eigenvalue weighted by molar-refractivity contribution is -0.166. The highest BCUT2D eigenvalue weighted by Gasteiger charge is 2.36. The number of rotatable bonds is 4. The summed E-state index contributed by atoms with van der Waals surface area (Å²) in [5.74, 6) is 0. The maximum absolute atomic E-state index is 10.4. The minimum Gasteiger partial charge on any atom is -0.390 e. The van der Waals surface area contributed by atoms with Crippen molar-refractivity contribution in [1.29, 1.82) is 0 Å². The molecule has 4 unspecified atom stereocenters. The zero-order chi connectivity index (χ0) is 22.2. The van der Waals surface area contributed by atoms with Gasteiger partial charge >= 0.3 is 0 Å². The zero-order valence-corrected chi connectivity index (χ0v) is 18.9. The molecule has 5 rings (SSSR count). The van der Waals surface area contributed by atoms with Crippen molar-refractivity contribution < 1.29 is 14.9 Å². The third-order valence-corrected chi connectivity index (χ3v) is 7.03. The number of fused-ring (bicyclic) bond motifs is 1. The van der Waals surface area contributed by atoms with Gasteiger partial charge in [0.05, 0.1) is 12.2 Å². The van der Waals surface area contributed by atoms with Gasteiger partial charge in [-0.15, -0.1) is 10.2 Å². The molecule has 0 bridgehead atoms. The van der Waals surface area contributed by atoms with Crippen molar-refractivity contribution in [2.45, 2.75) is 44.2 Å². The van der Waals surface area contributed by atoms with Crippen LogP contribution in [0.2, 0.25) is 5.02 Å². The van der Waals surface area contributed by atoms with Crippen molar-refractivity contribution in [2.24, 2.45) is 0 Å². The first-order valence-electron chi connectivity index (χ1n) is 10.5. The quantitative estimate of drug-likeness (QED) is 0.457. The minimum absolute atomic E-state index is 0.141. The summed E-state index contributed by atoms with van der Waals surface area (Å²) in [6.45, 7) is 1.89. The molecule has 32 heavy (non-hydrogen) atoms. The van der Waals surface area contributed by atoms with Crippen molar-refractivity contribution in [3.05, 3.63) is 75.9 Å². The normalized spacial score (nSPS) is 23.5. The number of aliphatic hydroxyl groups is 2. The lowest BCUT2D eigenvalue weighted by Gasteiger charge is -2.36. The Hall–Kier alpha value is -2.42. The van der Waals surface area contributed by atoms with Crippen LogP contribution in [0.1, 0.15) is 35.6 Å². The Morgan fingerprint density at radius 2 is 1.91 bits per heavy atom. The monoisotopic (exact) mass is 467 g/mol. The van der Waals surface area contributed by atoms with Gasteiger partial charge in [-0.25, -0.2) is 0 Å². The molecular formula is C24H22ClN3O3S. The number of pyridine rings is 1. The fourth-order valence-corrected chi connectivity index (χ4v) is 5.06. The van der Waals surface area contributed by atoms with E-state index in [0.717, 1.165) is 37.6 Å². The molecule has 0 aliphatic carbocycles. The van der Waals surface area contributed by atoms with Crippen LogP contribution in [0.3, 0.4) is 0 Å². The van der Waals surface area contributed by atoms with Gasteiger partial charge in [0.15, 0.2) is 5.01 Å². The van der Waals surface area contributed by atoms with Gasteiger partial charge in [-0.2, -0.15) is 0 Å². The van der Waals surface area contributed by atoms with Gasteiger partial charge in [-0.1, -0.05) is 59.3 Å². The summed E-state index contributed by atoms with van der Waals surface area (Å²) in [6, 6.07) is 15.6. The Morgan fingerprint density at radius 3 is 2.75 bits per heavy atom. The van der Waals surface area contributed by atoms with Crippen LogP contribution >= 0.6 is 22.9 Å². The maximum atomic E-state index is 10.4. The number of ether oxygens (including phenoxy) is 1.